The quantitative estimate of drug-likeness (QED) is 0.732. The molecule has 1 aliphatic carbocycles. The van der Waals surface area contributed by atoms with Crippen LogP contribution in [0.15, 0.2) is 24.3 Å². The van der Waals surface area contributed by atoms with Crippen molar-refractivity contribution in [1.82, 2.24) is 4.57 Å². The molecule has 0 saturated heterocycles. The first-order valence-corrected chi connectivity index (χ1v) is 7.22. The van der Waals surface area contributed by atoms with Crippen LogP contribution in [0.5, 0.6) is 0 Å². The van der Waals surface area contributed by atoms with E-state index in [0.717, 1.165) is 30.6 Å². The molecule has 1 aromatic heterocycles. The molecule has 2 aliphatic rings. The van der Waals surface area contributed by atoms with Crippen LogP contribution in [0.1, 0.15) is 48.8 Å². The highest BCUT2D eigenvalue weighted by molar-refractivity contribution is 5.87. The first kappa shape index (κ1) is 12.3. The summed E-state index contributed by atoms with van der Waals surface area (Å²) >= 11 is 0. The highest BCUT2D eigenvalue weighted by Crippen LogP contribution is 2.51. The summed E-state index contributed by atoms with van der Waals surface area (Å²) in [5.41, 5.74) is 3.31. The molecule has 20 heavy (non-hydrogen) atoms. The molecule has 1 nitrogen and oxygen atoms in total. The summed E-state index contributed by atoms with van der Waals surface area (Å²) in [4.78, 5) is 0. The van der Waals surface area contributed by atoms with Crippen LogP contribution in [0, 0.1) is 0 Å². The number of para-hydroxylation sites is 1. The minimum Gasteiger partial charge on any atom is -0.344 e. The Kier molecular flexibility index (Phi) is 2.48. The Labute approximate surface area is 115 Å². The van der Waals surface area contributed by atoms with Gasteiger partial charge in [-0.3, -0.25) is 0 Å². The van der Waals surface area contributed by atoms with E-state index in [-0.39, 0.29) is 5.92 Å². The molecule has 4 heteroatoms. The van der Waals surface area contributed by atoms with Gasteiger partial charge in [0.25, 0.3) is 0 Å². The zero-order chi connectivity index (χ0) is 13.9. The minimum atomic E-state index is -4.07. The van der Waals surface area contributed by atoms with Crippen molar-refractivity contribution in [3.63, 3.8) is 0 Å². The fourth-order valence-electron chi connectivity index (χ4n) is 3.73. The summed E-state index contributed by atoms with van der Waals surface area (Å²) in [5, 5.41) is 1.18. The first-order chi connectivity index (χ1) is 9.54. The van der Waals surface area contributed by atoms with Gasteiger partial charge >= 0.3 is 6.18 Å². The number of fused-ring (bicyclic) bond motifs is 3. The molecule has 1 unspecified atom stereocenters. The molecular formula is C16H16F3N. The molecule has 4 rings (SSSR count). The minimum absolute atomic E-state index is 0.349. The van der Waals surface area contributed by atoms with Gasteiger partial charge in [-0.25, -0.2) is 0 Å². The number of nitrogens with zero attached hydrogens (tertiary/aromatic N) is 1. The Balaban J connectivity index is 1.88. The lowest BCUT2D eigenvalue weighted by Gasteiger charge is -2.14. The predicted octanol–water partition coefficient (Wildman–Crippen LogP) is 4.96. The van der Waals surface area contributed by atoms with E-state index in [9.17, 15) is 13.2 Å². The number of aryl methyl sites for hydroxylation is 1. The van der Waals surface area contributed by atoms with Crippen LogP contribution in [0.25, 0.3) is 10.9 Å². The second-order valence-corrected chi connectivity index (χ2v) is 6.05. The maximum absolute atomic E-state index is 12.8. The lowest BCUT2D eigenvalue weighted by Crippen LogP contribution is -2.13. The predicted molar refractivity (Wildman–Crippen MR) is 71.9 cm³/mol. The Hall–Kier alpha value is -1.45. The van der Waals surface area contributed by atoms with E-state index in [1.54, 1.807) is 0 Å². The third-order valence-corrected chi connectivity index (χ3v) is 4.60. The van der Waals surface area contributed by atoms with E-state index >= 15 is 0 Å². The topological polar surface area (TPSA) is 4.93 Å². The van der Waals surface area contributed by atoms with Gasteiger partial charge in [0, 0.05) is 29.1 Å². The van der Waals surface area contributed by atoms with Gasteiger partial charge in [-0.15, -0.1) is 0 Å². The van der Waals surface area contributed by atoms with Crippen molar-refractivity contribution in [3.8, 4) is 0 Å². The number of aromatic nitrogens is 1. The largest absolute Gasteiger partial charge is 0.389 e. The molecule has 1 aliphatic heterocycles. The van der Waals surface area contributed by atoms with Crippen molar-refractivity contribution < 1.29 is 13.2 Å². The molecule has 0 radical (unpaired) electrons. The first-order valence-electron chi connectivity index (χ1n) is 7.22. The fourth-order valence-corrected chi connectivity index (χ4v) is 3.73. The molecule has 1 aromatic carbocycles. The number of benzene rings is 1. The second-order valence-electron chi connectivity index (χ2n) is 6.05. The van der Waals surface area contributed by atoms with Gasteiger partial charge in [-0.05, 0) is 36.8 Å². The van der Waals surface area contributed by atoms with Gasteiger partial charge in [0.2, 0.25) is 0 Å². The summed E-state index contributed by atoms with van der Waals surface area (Å²) in [5.74, 6) is 0.142. The molecule has 2 heterocycles. The van der Waals surface area contributed by atoms with Crippen LogP contribution < -0.4 is 0 Å². The molecule has 0 amide bonds. The lowest BCUT2D eigenvalue weighted by atomic mass is 9.94. The van der Waals surface area contributed by atoms with E-state index < -0.39 is 12.6 Å². The Bertz CT molecular complexity index is 664. The smallest absolute Gasteiger partial charge is 0.344 e. The molecule has 0 spiro atoms. The fraction of sp³-hybridized carbons (Fsp3) is 0.500. The van der Waals surface area contributed by atoms with Crippen molar-refractivity contribution in [2.75, 3.05) is 0 Å². The molecular weight excluding hydrogens is 263 g/mol. The van der Waals surface area contributed by atoms with E-state index in [1.165, 1.54) is 10.9 Å². The normalized spacial score (nSPS) is 22.4. The van der Waals surface area contributed by atoms with Crippen LogP contribution in [0.2, 0.25) is 0 Å². The summed E-state index contributed by atoms with van der Waals surface area (Å²) in [6.45, 7) is 0.726. The summed E-state index contributed by atoms with van der Waals surface area (Å²) in [7, 11) is 0. The van der Waals surface area contributed by atoms with Crippen LogP contribution in [0.3, 0.4) is 0 Å². The molecule has 2 aromatic rings. The standard InChI is InChI=1S/C16H16F3N/c17-16(18,19)9-11-7-8-20-13-4-2-1-3-12(13)14(15(11)20)10-5-6-10/h1-4,10-11H,5-9H2. The van der Waals surface area contributed by atoms with Crippen molar-refractivity contribution in [1.29, 1.82) is 0 Å². The summed E-state index contributed by atoms with van der Waals surface area (Å²) in [6.07, 6.45) is -1.88. The Morgan fingerprint density at radius 1 is 1.10 bits per heavy atom. The lowest BCUT2D eigenvalue weighted by molar-refractivity contribution is -0.138. The summed E-state index contributed by atoms with van der Waals surface area (Å²) < 4.78 is 40.5. The van der Waals surface area contributed by atoms with E-state index in [0.29, 0.717) is 12.3 Å². The Morgan fingerprint density at radius 2 is 1.85 bits per heavy atom. The maximum Gasteiger partial charge on any atom is 0.389 e. The van der Waals surface area contributed by atoms with Gasteiger partial charge < -0.3 is 4.57 Å². The Morgan fingerprint density at radius 3 is 2.55 bits per heavy atom. The van der Waals surface area contributed by atoms with Gasteiger partial charge in [-0.2, -0.15) is 13.2 Å². The monoisotopic (exact) mass is 279 g/mol. The number of hydrogen-bond acceptors (Lipinski definition) is 0. The molecule has 1 saturated carbocycles. The zero-order valence-electron chi connectivity index (χ0n) is 11.1. The highest BCUT2D eigenvalue weighted by atomic mass is 19.4. The third kappa shape index (κ3) is 1.85. The maximum atomic E-state index is 12.8. The highest BCUT2D eigenvalue weighted by Gasteiger charge is 2.41. The van der Waals surface area contributed by atoms with Crippen molar-refractivity contribution in [2.45, 2.75) is 50.2 Å². The van der Waals surface area contributed by atoms with Crippen molar-refractivity contribution in [3.05, 3.63) is 35.5 Å². The van der Waals surface area contributed by atoms with Crippen molar-refractivity contribution in [2.24, 2.45) is 0 Å². The van der Waals surface area contributed by atoms with Gasteiger partial charge in [0.15, 0.2) is 0 Å². The van der Waals surface area contributed by atoms with E-state index in [2.05, 4.69) is 10.6 Å². The van der Waals surface area contributed by atoms with Crippen molar-refractivity contribution >= 4 is 10.9 Å². The van der Waals surface area contributed by atoms with Crippen LogP contribution >= 0.6 is 0 Å². The van der Waals surface area contributed by atoms with Crippen LogP contribution in [-0.4, -0.2) is 10.7 Å². The third-order valence-electron chi connectivity index (χ3n) is 4.60. The zero-order valence-corrected chi connectivity index (χ0v) is 11.1. The number of rotatable bonds is 2. The van der Waals surface area contributed by atoms with Crippen LogP contribution in [-0.2, 0) is 6.54 Å². The van der Waals surface area contributed by atoms with Gasteiger partial charge in [-0.1, -0.05) is 18.2 Å². The van der Waals surface area contributed by atoms with E-state index in [4.69, 9.17) is 0 Å². The number of hydrogen-bond donors (Lipinski definition) is 0. The second kappa shape index (κ2) is 4.03. The van der Waals surface area contributed by atoms with Gasteiger partial charge in [0.05, 0.1) is 6.42 Å². The van der Waals surface area contributed by atoms with E-state index in [1.807, 2.05) is 18.2 Å². The summed E-state index contributed by atoms with van der Waals surface area (Å²) in [6, 6.07) is 8.08. The average Bonchev–Trinajstić information content (AvgIpc) is 3.05. The number of alkyl halides is 3. The molecule has 1 fully saturated rings. The van der Waals surface area contributed by atoms with Crippen LogP contribution in [0.4, 0.5) is 13.2 Å². The molecule has 0 bridgehead atoms. The molecule has 106 valence electrons. The SMILES string of the molecule is FC(F)(F)CC1CCn2c1c(C1CC1)c1ccccc12. The molecule has 0 N–H and O–H groups in total. The number of halogens is 3. The molecule has 1 atom stereocenters. The van der Waals surface area contributed by atoms with Gasteiger partial charge in [0.1, 0.15) is 0 Å². The average molecular weight is 279 g/mol.